The Morgan fingerprint density at radius 2 is 2.12 bits per heavy atom. The number of aromatic nitrogens is 1. The Kier molecular flexibility index (Phi) is 3.26. The second-order valence-corrected chi connectivity index (χ2v) is 3.58. The highest BCUT2D eigenvalue weighted by Gasteiger charge is 2.12. The molecule has 5 nitrogen and oxygen atoms in total. The lowest BCUT2D eigenvalue weighted by molar-refractivity contribution is -0.241. The van der Waals surface area contributed by atoms with E-state index in [1.807, 2.05) is 6.20 Å². The summed E-state index contributed by atoms with van der Waals surface area (Å²) >= 11 is 0. The third-order valence-electron chi connectivity index (χ3n) is 2.55. The summed E-state index contributed by atoms with van der Waals surface area (Å²) < 4.78 is 0. The number of H-pyrrole nitrogens is 1. The van der Waals surface area contributed by atoms with Gasteiger partial charge in [0.25, 0.3) is 0 Å². The van der Waals surface area contributed by atoms with E-state index in [1.165, 1.54) is 0 Å². The first-order valence-electron chi connectivity index (χ1n) is 4.95. The van der Waals surface area contributed by atoms with Gasteiger partial charge in [0.15, 0.2) is 0 Å². The van der Waals surface area contributed by atoms with Crippen LogP contribution in [0.25, 0.3) is 10.9 Å². The van der Waals surface area contributed by atoms with E-state index in [9.17, 15) is 0 Å². The number of aromatic amines is 1. The molecule has 0 unspecified atom stereocenters. The van der Waals surface area contributed by atoms with Gasteiger partial charge in [0.2, 0.25) is 0 Å². The van der Waals surface area contributed by atoms with Crippen molar-refractivity contribution in [3.05, 3.63) is 30.0 Å². The predicted octanol–water partition coefficient (Wildman–Crippen LogP) is -0.120. The zero-order chi connectivity index (χ0) is 11.5. The molecular formula is C10H12BNO4. The van der Waals surface area contributed by atoms with Gasteiger partial charge in [-0.1, -0.05) is 12.1 Å². The lowest BCUT2D eigenvalue weighted by atomic mass is 9.79. The minimum atomic E-state index is -1.47. The average Bonchev–Trinajstić information content (AvgIpc) is 2.68. The molecule has 0 amide bonds. The number of fused-ring (bicyclic) bond motifs is 1. The maximum atomic E-state index is 9.07. The summed E-state index contributed by atoms with van der Waals surface area (Å²) in [5.74, 6) is 0. The van der Waals surface area contributed by atoms with Gasteiger partial charge in [0, 0.05) is 23.5 Å². The van der Waals surface area contributed by atoms with Crippen LogP contribution in [0.3, 0.4) is 0 Å². The molecule has 0 spiro atoms. The van der Waals surface area contributed by atoms with Crippen molar-refractivity contribution >= 4 is 23.5 Å². The molecule has 1 aromatic heterocycles. The Labute approximate surface area is 92.4 Å². The summed E-state index contributed by atoms with van der Waals surface area (Å²) in [5, 5.41) is 27.3. The maximum absolute atomic E-state index is 9.07. The zero-order valence-electron chi connectivity index (χ0n) is 8.55. The molecule has 0 radical (unpaired) electrons. The molecule has 0 aliphatic rings. The number of rotatable bonds is 4. The predicted molar refractivity (Wildman–Crippen MR) is 60.4 cm³/mol. The third kappa shape index (κ3) is 2.10. The molecule has 0 aliphatic heterocycles. The number of hydrogen-bond acceptors (Lipinski definition) is 4. The van der Waals surface area contributed by atoms with Crippen LogP contribution in [0.1, 0.15) is 5.56 Å². The van der Waals surface area contributed by atoms with Crippen LogP contribution in [0, 0.1) is 0 Å². The topological polar surface area (TPSA) is 85.7 Å². The number of hydrogen-bond donors (Lipinski definition) is 4. The van der Waals surface area contributed by atoms with E-state index in [4.69, 9.17) is 15.3 Å². The largest absolute Gasteiger partial charge is 0.488 e. The van der Waals surface area contributed by atoms with Crippen LogP contribution in [-0.4, -0.2) is 34.0 Å². The third-order valence-corrected chi connectivity index (χ3v) is 2.55. The first kappa shape index (κ1) is 11.2. The van der Waals surface area contributed by atoms with Gasteiger partial charge in [-0.3, -0.25) is 5.26 Å². The second-order valence-electron chi connectivity index (χ2n) is 3.58. The Balaban J connectivity index is 2.39. The summed E-state index contributed by atoms with van der Waals surface area (Å²) in [6.07, 6.45) is 2.37. The monoisotopic (exact) mass is 221 g/mol. The van der Waals surface area contributed by atoms with Crippen LogP contribution in [-0.2, 0) is 11.3 Å². The van der Waals surface area contributed by atoms with E-state index in [2.05, 4.69) is 9.87 Å². The molecule has 0 bridgehead atoms. The van der Waals surface area contributed by atoms with E-state index >= 15 is 0 Å². The normalized spacial score (nSPS) is 10.9. The molecule has 0 saturated carbocycles. The fourth-order valence-corrected chi connectivity index (χ4v) is 1.72. The van der Waals surface area contributed by atoms with E-state index in [1.54, 1.807) is 18.2 Å². The molecule has 0 aliphatic carbocycles. The molecule has 1 aromatic carbocycles. The maximum Gasteiger partial charge on any atom is 0.488 e. The van der Waals surface area contributed by atoms with Gasteiger partial charge < -0.3 is 15.0 Å². The van der Waals surface area contributed by atoms with Crippen LogP contribution in [0.4, 0.5) is 0 Å². The Morgan fingerprint density at radius 1 is 1.31 bits per heavy atom. The molecular weight excluding hydrogens is 209 g/mol. The van der Waals surface area contributed by atoms with Crippen molar-refractivity contribution in [3.63, 3.8) is 0 Å². The van der Waals surface area contributed by atoms with Gasteiger partial charge in [-0.05, 0) is 17.1 Å². The van der Waals surface area contributed by atoms with Gasteiger partial charge >= 0.3 is 7.12 Å². The SMILES string of the molecule is OOCCc1c[nH]c2ccc(B(O)O)cc12. The van der Waals surface area contributed by atoms with Gasteiger partial charge in [-0.15, -0.1) is 0 Å². The summed E-state index contributed by atoms with van der Waals surface area (Å²) in [7, 11) is -1.47. The second kappa shape index (κ2) is 4.67. The lowest BCUT2D eigenvalue weighted by Crippen LogP contribution is -2.29. The highest BCUT2D eigenvalue weighted by atomic mass is 17.1. The Bertz CT molecular complexity index is 483. The van der Waals surface area contributed by atoms with Gasteiger partial charge in [0.1, 0.15) is 0 Å². The molecule has 16 heavy (non-hydrogen) atoms. The summed E-state index contributed by atoms with van der Waals surface area (Å²) in [6.45, 7) is 0.207. The van der Waals surface area contributed by atoms with Gasteiger partial charge in [-0.2, -0.15) is 0 Å². The molecule has 1 heterocycles. The van der Waals surface area contributed by atoms with E-state index in [0.29, 0.717) is 11.9 Å². The molecule has 0 atom stereocenters. The minimum Gasteiger partial charge on any atom is -0.423 e. The fraction of sp³-hybridized carbons (Fsp3) is 0.200. The van der Waals surface area contributed by atoms with Crippen LogP contribution < -0.4 is 5.46 Å². The fourth-order valence-electron chi connectivity index (χ4n) is 1.72. The lowest BCUT2D eigenvalue weighted by Gasteiger charge is -2.01. The molecule has 6 heteroatoms. The minimum absolute atomic E-state index is 0.207. The Morgan fingerprint density at radius 3 is 2.81 bits per heavy atom. The average molecular weight is 221 g/mol. The Hall–Kier alpha value is -1.34. The summed E-state index contributed by atoms with van der Waals surface area (Å²) in [6, 6.07) is 5.15. The highest BCUT2D eigenvalue weighted by molar-refractivity contribution is 6.58. The standard InChI is InChI=1S/C10H12BNO4/c13-11(14)8-1-2-10-9(5-8)7(6-12-10)3-4-16-15/h1-2,5-6,12-15H,3-4H2. The van der Waals surface area contributed by atoms with E-state index in [-0.39, 0.29) is 6.61 Å². The van der Waals surface area contributed by atoms with Crippen molar-refractivity contribution in [1.82, 2.24) is 4.98 Å². The van der Waals surface area contributed by atoms with Crippen LogP contribution in [0.15, 0.2) is 24.4 Å². The van der Waals surface area contributed by atoms with E-state index < -0.39 is 7.12 Å². The molecule has 2 aromatic rings. The number of nitrogens with one attached hydrogen (secondary N) is 1. The van der Waals surface area contributed by atoms with Crippen molar-refractivity contribution < 1.29 is 20.2 Å². The van der Waals surface area contributed by atoms with E-state index in [0.717, 1.165) is 16.5 Å². The van der Waals surface area contributed by atoms with Crippen molar-refractivity contribution in [2.45, 2.75) is 6.42 Å². The van der Waals surface area contributed by atoms with Crippen LogP contribution in [0.5, 0.6) is 0 Å². The quantitative estimate of drug-likeness (QED) is 0.329. The molecule has 0 fully saturated rings. The molecule has 84 valence electrons. The first-order chi connectivity index (χ1) is 7.72. The van der Waals surface area contributed by atoms with Gasteiger partial charge in [0.05, 0.1) is 6.61 Å². The molecule has 0 saturated heterocycles. The van der Waals surface area contributed by atoms with Crippen molar-refractivity contribution in [2.24, 2.45) is 0 Å². The smallest absolute Gasteiger partial charge is 0.423 e. The van der Waals surface area contributed by atoms with Gasteiger partial charge in [-0.25, -0.2) is 4.89 Å². The molecule has 4 N–H and O–H groups in total. The summed E-state index contributed by atoms with van der Waals surface area (Å²) in [4.78, 5) is 7.09. The highest BCUT2D eigenvalue weighted by Crippen LogP contribution is 2.17. The van der Waals surface area contributed by atoms with Crippen molar-refractivity contribution in [3.8, 4) is 0 Å². The number of benzene rings is 1. The van der Waals surface area contributed by atoms with Crippen LogP contribution in [0.2, 0.25) is 0 Å². The van der Waals surface area contributed by atoms with Crippen LogP contribution >= 0.6 is 0 Å². The zero-order valence-corrected chi connectivity index (χ0v) is 8.55. The van der Waals surface area contributed by atoms with Crippen molar-refractivity contribution in [1.29, 1.82) is 0 Å². The molecule has 2 rings (SSSR count). The van der Waals surface area contributed by atoms with Crippen molar-refractivity contribution in [2.75, 3.05) is 6.61 Å². The summed E-state index contributed by atoms with van der Waals surface area (Å²) in [5.41, 5.74) is 2.32. The first-order valence-corrected chi connectivity index (χ1v) is 4.95.